The van der Waals surface area contributed by atoms with E-state index >= 15 is 4.79 Å². The second kappa shape index (κ2) is 38.6. The first-order chi connectivity index (χ1) is 46.0. The molecule has 550 valence electrons. The molecule has 2 N–H and O–H groups in total. The van der Waals surface area contributed by atoms with Crippen molar-refractivity contribution in [1.82, 2.24) is 10.6 Å². The molecule has 0 spiro atoms. The predicted molar refractivity (Wildman–Crippen MR) is 314 cm³/mol. The van der Waals surface area contributed by atoms with Crippen molar-refractivity contribution in [3.05, 3.63) is 10.4 Å². The molecule has 4 aliphatic heterocycles. The largest absolute Gasteiger partial charge is 0.465 e. The van der Waals surface area contributed by atoms with Gasteiger partial charge in [0.25, 0.3) is 5.79 Å². The van der Waals surface area contributed by atoms with E-state index in [2.05, 4.69) is 20.7 Å². The summed E-state index contributed by atoms with van der Waals surface area (Å²) in [4.78, 5) is 188. The third-order valence-electron chi connectivity index (χ3n) is 14.3. The Balaban J connectivity index is 2.22. The van der Waals surface area contributed by atoms with Gasteiger partial charge >= 0.3 is 71.6 Å². The van der Waals surface area contributed by atoms with Crippen molar-refractivity contribution in [2.75, 3.05) is 40.1 Å². The average molecular weight is 1410 g/mol. The summed E-state index contributed by atoms with van der Waals surface area (Å²) in [5.74, 6) is -18.1. The van der Waals surface area contributed by atoms with Crippen LogP contribution in [0.1, 0.15) is 123 Å². The van der Waals surface area contributed by atoms with Crippen molar-refractivity contribution < 1.29 is 162 Å². The quantitative estimate of drug-likeness (QED) is 0.0217. The molecule has 21 atom stereocenters. The van der Waals surface area contributed by atoms with Crippen LogP contribution < -0.4 is 10.6 Å². The van der Waals surface area contributed by atoms with Gasteiger partial charge in [-0.15, -0.1) is 0 Å². The molecule has 4 heterocycles. The molecule has 0 saturated carbocycles. The molecule has 0 radical (unpaired) electrons. The summed E-state index contributed by atoms with van der Waals surface area (Å²) in [7, 11) is 0.804. The number of nitrogens with zero attached hydrogens (tertiary/aromatic N) is 3. The number of ether oxygens (including phenoxy) is 20. The fourth-order valence-corrected chi connectivity index (χ4v) is 11.0. The number of hydrogen-bond donors (Lipinski definition) is 2. The topological polar surface area (TPSA) is 496 Å². The number of azide groups is 1. The summed E-state index contributed by atoms with van der Waals surface area (Å²) < 4.78 is 120. The molecule has 2 amide bonds. The molecule has 39 nitrogen and oxygen atoms in total. The van der Waals surface area contributed by atoms with Crippen molar-refractivity contribution in [3.63, 3.8) is 0 Å². The normalized spacial score (nSPS) is 30.2. The molecule has 4 saturated heterocycles. The molecule has 4 aliphatic rings. The molecular formula is C59H85N5O34. The van der Waals surface area contributed by atoms with E-state index in [1.165, 1.54) is 6.92 Å². The van der Waals surface area contributed by atoms with Crippen LogP contribution in [0.2, 0.25) is 0 Å². The van der Waals surface area contributed by atoms with E-state index in [9.17, 15) is 62.3 Å². The van der Waals surface area contributed by atoms with Crippen molar-refractivity contribution in [2.45, 2.75) is 251 Å². The van der Waals surface area contributed by atoms with Gasteiger partial charge in [-0.2, -0.15) is 0 Å². The van der Waals surface area contributed by atoms with Gasteiger partial charge in [0.2, 0.25) is 11.8 Å². The molecule has 4 fully saturated rings. The van der Waals surface area contributed by atoms with Crippen LogP contribution in [0.25, 0.3) is 10.4 Å². The fraction of sp³-hybridized carbons (Fsp3) is 0.763. The monoisotopic (exact) mass is 1410 g/mol. The van der Waals surface area contributed by atoms with Crippen LogP contribution in [0, 0.1) is 0 Å². The summed E-state index contributed by atoms with van der Waals surface area (Å²) in [6, 6.07) is -3.52. The molecule has 4 rings (SSSR count). The fourth-order valence-electron chi connectivity index (χ4n) is 11.0. The van der Waals surface area contributed by atoms with E-state index in [0.29, 0.717) is 0 Å². The van der Waals surface area contributed by atoms with E-state index < -0.39 is 238 Å². The van der Waals surface area contributed by atoms with E-state index in [0.717, 1.165) is 90.2 Å². The molecule has 0 aromatic heterocycles. The van der Waals surface area contributed by atoms with E-state index in [1.807, 2.05) is 0 Å². The minimum atomic E-state index is -3.26. The Morgan fingerprint density at radius 3 is 1.56 bits per heavy atom. The molecule has 39 heteroatoms. The summed E-state index contributed by atoms with van der Waals surface area (Å²) in [6.07, 6.45) is -36.6. The maximum atomic E-state index is 15.1. The average Bonchev–Trinajstić information content (AvgIpc) is 0.746. The van der Waals surface area contributed by atoms with Crippen molar-refractivity contribution in [2.24, 2.45) is 5.11 Å². The maximum absolute atomic E-state index is 15.1. The van der Waals surface area contributed by atoms with Gasteiger partial charge in [-0.3, -0.25) is 62.3 Å². The summed E-state index contributed by atoms with van der Waals surface area (Å²) in [5.41, 5.74) is 9.05. The van der Waals surface area contributed by atoms with Gasteiger partial charge in [-0.25, -0.2) is 4.79 Å². The standard InChI is InChI=1S/C59H85N5O34/c1-16-18-42(77)63-44-49(96-56-53(91-36(13)75)51(90-35(12)74)45(25(2)84-56)87-32(9)71)46(40(23-82-28(5)67)93-55(44)80-20-17-19-61-64-60)95-57-54(92-37(14)76)52(48(89-34(11)73)41(94-57)24-83-29(6)68)98-59(58(78)79-15)21-38(85-30(7)69)43(62-26(3)65)50(97-59)47(88-33(10)72)39(86-31(8)70)22-81-27(4)66/h25,38-41,43-57H,16-24H2,1-15H3,(H,62,65)(H,63,77)/t25-,38-,39+,40+,41+,43+,44+,45+,46+,47+,48-,49+,50+,51+,52-,53-,54+,55+,56-,57-,59-/m0/s1. The number of esters is 12. The van der Waals surface area contributed by atoms with Crippen molar-refractivity contribution in [1.29, 1.82) is 0 Å². The lowest BCUT2D eigenvalue weighted by Gasteiger charge is -2.53. The molecular weight excluding hydrogens is 1320 g/mol. The first kappa shape index (κ1) is 82.0. The van der Waals surface area contributed by atoms with Gasteiger partial charge in [0, 0.05) is 108 Å². The van der Waals surface area contributed by atoms with Gasteiger partial charge in [-0.1, -0.05) is 12.0 Å². The number of amides is 2. The second-order valence-electron chi connectivity index (χ2n) is 22.5. The summed E-state index contributed by atoms with van der Waals surface area (Å²) in [5, 5.41) is 8.79. The van der Waals surface area contributed by atoms with Crippen molar-refractivity contribution in [3.8, 4) is 0 Å². The van der Waals surface area contributed by atoms with Gasteiger partial charge in [-0.05, 0) is 25.3 Å². The lowest BCUT2D eigenvalue weighted by atomic mass is 9.87. The first-order valence-electron chi connectivity index (χ1n) is 30.7. The number of nitrogens with one attached hydrogen (secondary N) is 2. The van der Waals surface area contributed by atoms with Crippen LogP contribution in [0.15, 0.2) is 5.11 Å². The van der Waals surface area contributed by atoms with Crippen LogP contribution in [-0.2, 0) is 162 Å². The highest BCUT2D eigenvalue weighted by atomic mass is 16.8. The molecule has 0 aromatic rings. The van der Waals surface area contributed by atoms with E-state index in [-0.39, 0.29) is 32.4 Å². The smallest absolute Gasteiger partial charge is 0.366 e. The van der Waals surface area contributed by atoms with Gasteiger partial charge in [0.15, 0.2) is 61.6 Å². The first-order valence-corrected chi connectivity index (χ1v) is 30.7. The van der Waals surface area contributed by atoms with Gasteiger partial charge in [0.05, 0.1) is 25.7 Å². The molecule has 0 bridgehead atoms. The minimum absolute atomic E-state index is 0.00604. The van der Waals surface area contributed by atoms with Crippen LogP contribution in [0.3, 0.4) is 0 Å². The van der Waals surface area contributed by atoms with Crippen LogP contribution in [-0.4, -0.2) is 252 Å². The SMILES string of the molecule is CCCC(=O)N[C@H]1[C@H](OCCCN=[N+]=[N-])O[C@H](COC(C)=O)[C@@H](O[C@@H]2O[C@H](COC(C)=O)[C@H](OC(C)=O)[C@H](O[C@]3(C(=O)OC)C[C@H](OC(C)=O)[C@@H](NC(C)=O)[C@H]([C@H](OC(C)=O)[C@@H](COC(C)=O)OC(C)=O)O3)[C@H]2OC(C)=O)[C@@H]1O[C@@H]1O[C@@H](C)[C@@H](OC(C)=O)[C@@H](OC(C)=O)[C@@H]1OC(C)=O. The zero-order valence-electron chi connectivity index (χ0n) is 56.6. The van der Waals surface area contributed by atoms with E-state index in [4.69, 9.17) is 100 Å². The summed E-state index contributed by atoms with van der Waals surface area (Å²) in [6.45, 7) is 11.1. The number of methoxy groups -OCH3 is 1. The van der Waals surface area contributed by atoms with Crippen LogP contribution in [0.5, 0.6) is 0 Å². The van der Waals surface area contributed by atoms with E-state index in [1.54, 1.807) is 6.92 Å². The second-order valence-corrected chi connectivity index (χ2v) is 22.5. The zero-order chi connectivity index (χ0) is 73.5. The minimum Gasteiger partial charge on any atom is -0.465 e. The Hall–Kier alpha value is -8.43. The van der Waals surface area contributed by atoms with Gasteiger partial charge in [0.1, 0.15) is 68.6 Å². The maximum Gasteiger partial charge on any atom is 0.366 e. The number of carbonyl (C=O) groups excluding carboxylic acids is 14. The van der Waals surface area contributed by atoms with Crippen LogP contribution >= 0.6 is 0 Å². The third-order valence-corrected chi connectivity index (χ3v) is 14.3. The van der Waals surface area contributed by atoms with Crippen LogP contribution in [0.4, 0.5) is 0 Å². The Bertz CT molecular complexity index is 2910. The highest BCUT2D eigenvalue weighted by Gasteiger charge is 2.65. The molecule has 98 heavy (non-hydrogen) atoms. The molecule has 0 aliphatic carbocycles. The Labute approximate surface area is 561 Å². The number of hydrogen-bond acceptors (Lipinski definition) is 35. The highest BCUT2D eigenvalue weighted by molar-refractivity contribution is 5.79. The Kier molecular flexibility index (Phi) is 32.3. The van der Waals surface area contributed by atoms with Gasteiger partial charge < -0.3 is 105 Å². The molecule has 0 aromatic carbocycles. The number of rotatable bonds is 32. The zero-order valence-corrected chi connectivity index (χ0v) is 56.6. The lowest BCUT2D eigenvalue weighted by Crippen LogP contribution is -2.72. The Morgan fingerprint density at radius 2 is 1.05 bits per heavy atom. The lowest BCUT2D eigenvalue weighted by molar-refractivity contribution is -0.391. The predicted octanol–water partition coefficient (Wildman–Crippen LogP) is -0.356. The number of carbonyl (C=O) groups is 14. The van der Waals surface area contributed by atoms with Crippen molar-refractivity contribution >= 4 is 83.4 Å². The molecule has 0 unspecified atom stereocenters. The highest BCUT2D eigenvalue weighted by Crippen LogP contribution is 2.43. The summed E-state index contributed by atoms with van der Waals surface area (Å²) >= 11 is 0. The third kappa shape index (κ3) is 24.5. The Morgan fingerprint density at radius 1 is 0.551 bits per heavy atom.